The Morgan fingerprint density at radius 3 is 2.93 bits per heavy atom. The molecule has 0 spiro atoms. The van der Waals surface area contributed by atoms with Crippen LogP contribution in [0.3, 0.4) is 0 Å². The second kappa shape index (κ2) is 3.23. The van der Waals surface area contributed by atoms with E-state index in [9.17, 15) is 9.18 Å². The number of nitrogens with zero attached hydrogens (tertiary/aromatic N) is 1. The maximum Gasteiger partial charge on any atom is 0.244 e. The molecule has 0 aliphatic heterocycles. The molecule has 0 aliphatic carbocycles. The predicted octanol–water partition coefficient (Wildman–Crippen LogP) is 1.38. The molecule has 0 saturated carbocycles. The molecule has 1 aromatic heterocycles. The quantitative estimate of drug-likeness (QED) is 0.742. The topological polar surface area (TPSA) is 48.0 Å². The Balaban J connectivity index is 2.64. The fourth-order valence-electron chi connectivity index (χ4n) is 1.43. The highest BCUT2D eigenvalue weighted by molar-refractivity contribution is 5.93. The minimum atomic E-state index is -0.310. The van der Waals surface area contributed by atoms with Gasteiger partial charge < -0.3 is 5.73 Å². The second-order valence-electron chi connectivity index (χ2n) is 2.99. The summed E-state index contributed by atoms with van der Waals surface area (Å²) in [7, 11) is 0. The van der Waals surface area contributed by atoms with Crippen molar-refractivity contribution in [2.24, 2.45) is 5.73 Å². The van der Waals surface area contributed by atoms with Gasteiger partial charge in [-0.15, -0.1) is 0 Å². The molecule has 0 bridgehead atoms. The number of hydrogen-bond donors (Lipinski definition) is 1. The maximum atomic E-state index is 12.8. The zero-order chi connectivity index (χ0) is 10.1. The molecule has 0 unspecified atom stereocenters. The number of fused-ring (bicyclic) bond motifs is 1. The first-order chi connectivity index (χ1) is 6.72. The third kappa shape index (κ3) is 1.29. The van der Waals surface area contributed by atoms with Crippen molar-refractivity contribution in [2.45, 2.75) is 0 Å². The SMILES string of the molecule is NCC(=O)n1ccc2cc(F)ccc21. The third-order valence-electron chi connectivity index (χ3n) is 2.10. The molecule has 72 valence electrons. The van der Waals surface area contributed by atoms with Crippen LogP contribution in [0.15, 0.2) is 30.5 Å². The Morgan fingerprint density at radius 2 is 2.21 bits per heavy atom. The van der Waals surface area contributed by atoms with Gasteiger partial charge in [-0.3, -0.25) is 9.36 Å². The summed E-state index contributed by atoms with van der Waals surface area (Å²) in [6.45, 7) is -0.0544. The van der Waals surface area contributed by atoms with Crippen molar-refractivity contribution in [3.8, 4) is 0 Å². The molecule has 0 amide bonds. The highest BCUT2D eigenvalue weighted by Crippen LogP contribution is 2.16. The lowest BCUT2D eigenvalue weighted by molar-refractivity contribution is 0.0929. The van der Waals surface area contributed by atoms with E-state index in [0.717, 1.165) is 0 Å². The van der Waals surface area contributed by atoms with Crippen molar-refractivity contribution in [1.82, 2.24) is 4.57 Å². The molecular formula is C10H9FN2O. The summed E-state index contributed by atoms with van der Waals surface area (Å²) in [5.41, 5.74) is 5.92. The van der Waals surface area contributed by atoms with E-state index in [1.807, 2.05) is 0 Å². The van der Waals surface area contributed by atoms with Crippen LogP contribution in [0.2, 0.25) is 0 Å². The van der Waals surface area contributed by atoms with Crippen LogP contribution in [0.25, 0.3) is 10.9 Å². The molecule has 2 N–H and O–H groups in total. The summed E-state index contributed by atoms with van der Waals surface area (Å²) in [4.78, 5) is 11.3. The van der Waals surface area contributed by atoms with Crippen LogP contribution in [-0.4, -0.2) is 17.0 Å². The van der Waals surface area contributed by atoms with E-state index < -0.39 is 0 Å². The van der Waals surface area contributed by atoms with E-state index >= 15 is 0 Å². The fourth-order valence-corrected chi connectivity index (χ4v) is 1.43. The molecule has 0 saturated heterocycles. The third-order valence-corrected chi connectivity index (χ3v) is 2.10. The molecular weight excluding hydrogens is 183 g/mol. The van der Waals surface area contributed by atoms with Crippen molar-refractivity contribution in [2.75, 3.05) is 6.54 Å². The average Bonchev–Trinajstić information content (AvgIpc) is 2.59. The number of halogens is 1. The molecule has 0 radical (unpaired) electrons. The Bertz CT molecular complexity index is 490. The molecule has 0 atom stereocenters. The second-order valence-corrected chi connectivity index (χ2v) is 2.99. The molecule has 2 aromatic rings. The first kappa shape index (κ1) is 8.90. The van der Waals surface area contributed by atoms with Gasteiger partial charge in [-0.05, 0) is 24.3 Å². The lowest BCUT2D eigenvalue weighted by Gasteiger charge is -2.00. The molecule has 1 aromatic carbocycles. The summed E-state index contributed by atoms with van der Waals surface area (Å²) in [5.74, 6) is -0.512. The maximum absolute atomic E-state index is 12.8. The highest BCUT2D eigenvalue weighted by atomic mass is 19.1. The fraction of sp³-hybridized carbons (Fsp3) is 0.100. The number of benzene rings is 1. The Morgan fingerprint density at radius 1 is 1.43 bits per heavy atom. The van der Waals surface area contributed by atoms with Gasteiger partial charge in [0.15, 0.2) is 0 Å². The van der Waals surface area contributed by atoms with Crippen molar-refractivity contribution >= 4 is 16.8 Å². The minimum absolute atomic E-state index is 0.0544. The molecule has 4 heteroatoms. The molecule has 0 aliphatic rings. The van der Waals surface area contributed by atoms with Gasteiger partial charge in [0.1, 0.15) is 5.82 Å². The molecule has 1 heterocycles. The van der Waals surface area contributed by atoms with Crippen molar-refractivity contribution in [1.29, 1.82) is 0 Å². The lowest BCUT2D eigenvalue weighted by Crippen LogP contribution is -2.19. The van der Waals surface area contributed by atoms with Gasteiger partial charge in [0.25, 0.3) is 0 Å². The normalized spacial score (nSPS) is 10.7. The van der Waals surface area contributed by atoms with Gasteiger partial charge in [-0.25, -0.2) is 4.39 Å². The summed E-state index contributed by atoms with van der Waals surface area (Å²) < 4.78 is 14.2. The zero-order valence-corrected chi connectivity index (χ0v) is 7.40. The summed E-state index contributed by atoms with van der Waals surface area (Å²) in [6, 6.07) is 5.96. The van der Waals surface area contributed by atoms with Gasteiger partial charge in [0, 0.05) is 11.6 Å². The van der Waals surface area contributed by atoms with E-state index in [1.165, 1.54) is 16.7 Å². The average molecular weight is 192 g/mol. The number of rotatable bonds is 1. The van der Waals surface area contributed by atoms with Crippen molar-refractivity contribution in [3.05, 3.63) is 36.3 Å². The van der Waals surface area contributed by atoms with E-state index in [2.05, 4.69) is 0 Å². The van der Waals surface area contributed by atoms with Gasteiger partial charge in [-0.2, -0.15) is 0 Å². The Labute approximate surface area is 79.9 Å². The number of hydrogen-bond acceptors (Lipinski definition) is 2. The molecule has 0 fully saturated rings. The van der Waals surface area contributed by atoms with Gasteiger partial charge in [0.05, 0.1) is 12.1 Å². The standard InChI is InChI=1S/C10H9FN2O/c11-8-1-2-9-7(5-8)3-4-13(9)10(14)6-12/h1-5H,6,12H2. The van der Waals surface area contributed by atoms with E-state index in [1.54, 1.807) is 18.3 Å². The number of nitrogens with two attached hydrogens (primary N) is 1. The smallest absolute Gasteiger partial charge is 0.244 e. The monoisotopic (exact) mass is 192 g/mol. The van der Waals surface area contributed by atoms with Crippen LogP contribution in [0.5, 0.6) is 0 Å². The summed E-state index contributed by atoms with van der Waals surface area (Å²) >= 11 is 0. The van der Waals surface area contributed by atoms with Crippen LogP contribution in [0, 0.1) is 5.82 Å². The van der Waals surface area contributed by atoms with E-state index in [-0.39, 0.29) is 18.3 Å². The van der Waals surface area contributed by atoms with Crippen LogP contribution < -0.4 is 5.73 Å². The predicted molar refractivity (Wildman–Crippen MR) is 51.6 cm³/mol. The molecule has 3 nitrogen and oxygen atoms in total. The van der Waals surface area contributed by atoms with Crippen LogP contribution in [0.1, 0.15) is 4.79 Å². The first-order valence-electron chi connectivity index (χ1n) is 4.22. The van der Waals surface area contributed by atoms with Crippen LogP contribution in [0.4, 0.5) is 4.39 Å². The number of carbonyl (C=O) groups excluding carboxylic acids is 1. The van der Waals surface area contributed by atoms with Gasteiger partial charge in [0.2, 0.25) is 5.91 Å². The minimum Gasteiger partial charge on any atom is -0.322 e. The Hall–Kier alpha value is -1.68. The molecule has 14 heavy (non-hydrogen) atoms. The first-order valence-corrected chi connectivity index (χ1v) is 4.22. The van der Waals surface area contributed by atoms with Crippen LogP contribution in [-0.2, 0) is 0 Å². The summed E-state index contributed by atoms with van der Waals surface area (Å²) in [6.07, 6.45) is 1.60. The number of aromatic nitrogens is 1. The van der Waals surface area contributed by atoms with Gasteiger partial charge >= 0.3 is 0 Å². The number of carbonyl (C=O) groups is 1. The summed E-state index contributed by atoms with van der Waals surface area (Å²) in [5, 5.41) is 0.701. The molecule has 2 rings (SSSR count). The van der Waals surface area contributed by atoms with Crippen LogP contribution >= 0.6 is 0 Å². The van der Waals surface area contributed by atoms with Crippen molar-refractivity contribution in [3.63, 3.8) is 0 Å². The highest BCUT2D eigenvalue weighted by Gasteiger charge is 2.06. The Kier molecular flexibility index (Phi) is 2.05. The van der Waals surface area contributed by atoms with E-state index in [0.29, 0.717) is 10.9 Å². The van der Waals surface area contributed by atoms with Crippen molar-refractivity contribution < 1.29 is 9.18 Å². The largest absolute Gasteiger partial charge is 0.322 e. The van der Waals surface area contributed by atoms with E-state index in [4.69, 9.17) is 5.73 Å². The van der Waals surface area contributed by atoms with Gasteiger partial charge in [-0.1, -0.05) is 0 Å². The lowest BCUT2D eigenvalue weighted by atomic mass is 10.2. The zero-order valence-electron chi connectivity index (χ0n) is 7.40.